The molecule has 9 nitrogen and oxygen atoms in total. The van der Waals surface area contributed by atoms with Gasteiger partial charge in [-0.3, -0.25) is 5.10 Å². The molecular formula is C18H20ClN7O2S. The fourth-order valence-corrected chi connectivity index (χ4v) is 3.92. The summed E-state index contributed by atoms with van der Waals surface area (Å²) in [4.78, 5) is 4.60. The highest BCUT2D eigenvalue weighted by Crippen LogP contribution is 2.32. The average Bonchev–Trinajstić information content (AvgIpc) is 3.29. The number of nitrogens with zero attached hydrogens (tertiary/aromatic N) is 4. The molecule has 1 aliphatic carbocycles. The summed E-state index contributed by atoms with van der Waals surface area (Å²) in [5.41, 5.74) is 2.50. The van der Waals surface area contributed by atoms with E-state index >= 15 is 0 Å². The Labute approximate surface area is 172 Å². The number of hydrogen-bond donors (Lipinski definition) is 3. The second kappa shape index (κ2) is 7.62. The third-order valence-electron chi connectivity index (χ3n) is 4.63. The normalized spacial score (nSPS) is 16.9. The standard InChI is InChI=1S/C18H20ClN7O2S/c1-26-18(22-15-7-6-14-13(16(15)19)10-20-24-14)23-17(25-26)12-5-3-4-11(8-12)9-21-29(2,27)28/h3-7,10-11,21H,8-9H2,1-2H3,(H,20,24)(H,22,23,25). The number of hydrogen-bond acceptors (Lipinski definition) is 6. The zero-order valence-corrected chi connectivity index (χ0v) is 17.4. The van der Waals surface area contributed by atoms with E-state index in [2.05, 4.69) is 30.3 Å². The number of fused-ring (bicyclic) bond motifs is 1. The van der Waals surface area contributed by atoms with E-state index < -0.39 is 10.0 Å². The van der Waals surface area contributed by atoms with Crippen molar-refractivity contribution in [3.63, 3.8) is 0 Å². The molecule has 0 spiro atoms. The molecule has 0 saturated heterocycles. The van der Waals surface area contributed by atoms with Crippen LogP contribution in [0.4, 0.5) is 11.6 Å². The summed E-state index contributed by atoms with van der Waals surface area (Å²) in [6, 6.07) is 3.74. The van der Waals surface area contributed by atoms with E-state index in [0.717, 1.165) is 22.7 Å². The van der Waals surface area contributed by atoms with Crippen LogP contribution < -0.4 is 10.0 Å². The first kappa shape index (κ1) is 19.6. The van der Waals surface area contributed by atoms with Crippen molar-refractivity contribution >= 4 is 49.7 Å². The van der Waals surface area contributed by atoms with Crippen molar-refractivity contribution in [2.24, 2.45) is 13.0 Å². The van der Waals surface area contributed by atoms with E-state index in [1.54, 1.807) is 17.9 Å². The quantitative estimate of drug-likeness (QED) is 0.550. The molecule has 1 atom stereocenters. The van der Waals surface area contributed by atoms with E-state index in [9.17, 15) is 8.42 Å². The Morgan fingerprint density at radius 3 is 3.00 bits per heavy atom. The van der Waals surface area contributed by atoms with Crippen LogP contribution in [0.3, 0.4) is 0 Å². The molecule has 11 heteroatoms. The van der Waals surface area contributed by atoms with Gasteiger partial charge in [-0.2, -0.15) is 10.1 Å². The van der Waals surface area contributed by atoms with Gasteiger partial charge in [-0.25, -0.2) is 17.8 Å². The maximum Gasteiger partial charge on any atom is 0.225 e. The van der Waals surface area contributed by atoms with E-state index in [0.29, 0.717) is 35.4 Å². The number of benzene rings is 1. The maximum absolute atomic E-state index is 11.3. The Balaban J connectivity index is 1.52. The number of H-pyrrole nitrogens is 1. The van der Waals surface area contributed by atoms with Crippen LogP contribution in [0.25, 0.3) is 16.5 Å². The lowest BCUT2D eigenvalue weighted by atomic mass is 9.94. The molecule has 4 rings (SSSR count). The minimum Gasteiger partial charge on any atom is -0.323 e. The molecule has 0 amide bonds. The molecule has 0 aliphatic heterocycles. The van der Waals surface area contributed by atoms with Crippen molar-refractivity contribution in [3.8, 4) is 0 Å². The van der Waals surface area contributed by atoms with Gasteiger partial charge in [-0.15, -0.1) is 5.10 Å². The minimum absolute atomic E-state index is 0.0443. The molecule has 0 fully saturated rings. The summed E-state index contributed by atoms with van der Waals surface area (Å²) in [7, 11) is -1.43. The maximum atomic E-state index is 11.3. The number of aryl methyl sites for hydroxylation is 1. The van der Waals surface area contributed by atoms with Crippen molar-refractivity contribution in [2.75, 3.05) is 18.1 Å². The van der Waals surface area contributed by atoms with Crippen molar-refractivity contribution in [1.82, 2.24) is 29.7 Å². The topological polar surface area (TPSA) is 118 Å². The van der Waals surface area contributed by atoms with E-state index in [-0.39, 0.29) is 5.92 Å². The van der Waals surface area contributed by atoms with Gasteiger partial charge in [0.15, 0.2) is 5.82 Å². The smallest absolute Gasteiger partial charge is 0.225 e. The van der Waals surface area contributed by atoms with Crippen LogP contribution in [0.5, 0.6) is 0 Å². The number of nitrogens with one attached hydrogen (secondary N) is 3. The molecule has 1 unspecified atom stereocenters. The van der Waals surface area contributed by atoms with E-state index in [4.69, 9.17) is 11.6 Å². The highest BCUT2D eigenvalue weighted by atomic mass is 35.5. The van der Waals surface area contributed by atoms with Crippen molar-refractivity contribution in [1.29, 1.82) is 0 Å². The number of rotatable bonds is 6. The number of allylic oxidation sites excluding steroid dienone is 3. The molecule has 2 aromatic heterocycles. The fraction of sp³-hybridized carbons (Fsp3) is 0.278. The van der Waals surface area contributed by atoms with Gasteiger partial charge in [0.25, 0.3) is 0 Å². The Kier molecular flexibility index (Phi) is 5.15. The summed E-state index contributed by atoms with van der Waals surface area (Å²) in [5.74, 6) is 1.18. The third kappa shape index (κ3) is 4.34. The Hall–Kier alpha value is -2.69. The molecular weight excluding hydrogens is 414 g/mol. The van der Waals surface area contributed by atoms with Crippen LogP contribution in [0.2, 0.25) is 5.02 Å². The zero-order valence-electron chi connectivity index (χ0n) is 15.8. The predicted octanol–water partition coefficient (Wildman–Crippen LogP) is 2.60. The first-order valence-corrected chi connectivity index (χ1v) is 11.2. The van der Waals surface area contributed by atoms with Gasteiger partial charge in [-0.1, -0.05) is 29.8 Å². The summed E-state index contributed by atoms with van der Waals surface area (Å²) < 4.78 is 26.9. The Bertz CT molecular complexity index is 1230. The molecule has 29 heavy (non-hydrogen) atoms. The van der Waals surface area contributed by atoms with Crippen molar-refractivity contribution < 1.29 is 8.42 Å². The molecule has 152 valence electrons. The molecule has 0 saturated carbocycles. The molecule has 1 aromatic carbocycles. The summed E-state index contributed by atoms with van der Waals surface area (Å²) in [5, 5.41) is 16.0. The number of sulfonamides is 1. The van der Waals surface area contributed by atoms with Gasteiger partial charge in [0.1, 0.15) is 0 Å². The number of aromatic amines is 1. The second-order valence-corrected chi connectivity index (χ2v) is 9.14. The monoisotopic (exact) mass is 433 g/mol. The van der Waals surface area contributed by atoms with Crippen molar-refractivity contribution in [2.45, 2.75) is 6.42 Å². The minimum atomic E-state index is -3.23. The first-order chi connectivity index (χ1) is 13.8. The third-order valence-corrected chi connectivity index (χ3v) is 5.72. The second-order valence-electron chi connectivity index (χ2n) is 6.93. The van der Waals surface area contributed by atoms with Crippen LogP contribution in [0, 0.1) is 5.92 Å². The molecule has 0 bridgehead atoms. The molecule has 2 heterocycles. The molecule has 3 N–H and O–H groups in total. The lowest BCUT2D eigenvalue weighted by Crippen LogP contribution is -2.28. The lowest BCUT2D eigenvalue weighted by Gasteiger charge is -2.16. The van der Waals surface area contributed by atoms with Gasteiger partial charge in [0, 0.05) is 19.0 Å². The first-order valence-electron chi connectivity index (χ1n) is 8.92. The Morgan fingerprint density at radius 2 is 2.21 bits per heavy atom. The van der Waals surface area contributed by atoms with E-state index in [1.165, 1.54) is 0 Å². The largest absolute Gasteiger partial charge is 0.323 e. The molecule has 3 aromatic rings. The van der Waals surface area contributed by atoms with Crippen LogP contribution in [-0.2, 0) is 17.1 Å². The van der Waals surface area contributed by atoms with Crippen LogP contribution in [0.15, 0.2) is 36.6 Å². The highest BCUT2D eigenvalue weighted by Gasteiger charge is 2.19. The SMILES string of the molecule is Cn1nc(C2=CC=CC(CNS(C)(=O)=O)C2)nc1Nc1ccc2[nH]ncc2c1Cl. The fourth-order valence-electron chi connectivity index (χ4n) is 3.14. The molecule has 0 radical (unpaired) electrons. The van der Waals surface area contributed by atoms with Gasteiger partial charge in [0.2, 0.25) is 16.0 Å². The van der Waals surface area contributed by atoms with Gasteiger partial charge < -0.3 is 5.32 Å². The average molecular weight is 434 g/mol. The van der Waals surface area contributed by atoms with Gasteiger partial charge in [-0.05, 0) is 30.0 Å². The zero-order chi connectivity index (χ0) is 20.6. The number of halogens is 1. The lowest BCUT2D eigenvalue weighted by molar-refractivity contribution is 0.569. The van der Waals surface area contributed by atoms with Gasteiger partial charge in [0.05, 0.1) is 28.7 Å². The summed E-state index contributed by atoms with van der Waals surface area (Å²) >= 11 is 6.47. The Morgan fingerprint density at radius 1 is 1.38 bits per heavy atom. The summed E-state index contributed by atoms with van der Waals surface area (Å²) in [6.45, 7) is 0.338. The summed E-state index contributed by atoms with van der Waals surface area (Å²) in [6.07, 6.45) is 9.30. The predicted molar refractivity (Wildman–Crippen MR) is 113 cm³/mol. The van der Waals surface area contributed by atoms with E-state index in [1.807, 2.05) is 30.4 Å². The molecule has 1 aliphatic rings. The van der Waals surface area contributed by atoms with Gasteiger partial charge >= 0.3 is 0 Å². The van der Waals surface area contributed by atoms with Crippen LogP contribution in [0.1, 0.15) is 12.2 Å². The van der Waals surface area contributed by atoms with Crippen LogP contribution >= 0.6 is 11.6 Å². The highest BCUT2D eigenvalue weighted by molar-refractivity contribution is 7.88. The number of anilines is 2. The van der Waals surface area contributed by atoms with Crippen molar-refractivity contribution in [3.05, 3.63) is 47.4 Å². The van der Waals surface area contributed by atoms with Crippen LogP contribution in [-0.4, -0.2) is 46.2 Å². The number of aromatic nitrogens is 5.